The number of halogens is 2. The number of piperidine rings is 1. The van der Waals surface area contributed by atoms with Crippen molar-refractivity contribution in [2.75, 3.05) is 6.54 Å². The van der Waals surface area contributed by atoms with Crippen molar-refractivity contribution in [2.24, 2.45) is 0 Å². The molecule has 1 saturated heterocycles. The minimum Gasteiger partial charge on any atom is -0.348 e. The molecule has 98 valence electrons. The van der Waals surface area contributed by atoms with Crippen LogP contribution in [0, 0.1) is 5.82 Å². The Kier molecular flexibility index (Phi) is 4.35. The molecule has 2 N–H and O–H groups in total. The molecule has 1 aliphatic rings. The Labute approximate surface area is 114 Å². The number of hydrogen-bond acceptors (Lipinski definition) is 2. The van der Waals surface area contributed by atoms with E-state index >= 15 is 0 Å². The Balaban J connectivity index is 2.07. The highest BCUT2D eigenvalue weighted by Gasteiger charge is 2.23. The second-order valence-electron chi connectivity index (χ2n) is 4.59. The van der Waals surface area contributed by atoms with Gasteiger partial charge < -0.3 is 10.6 Å². The number of amides is 1. The molecule has 1 aromatic carbocycles. The molecule has 0 aromatic heterocycles. The van der Waals surface area contributed by atoms with Crippen molar-refractivity contribution in [3.63, 3.8) is 0 Å². The van der Waals surface area contributed by atoms with E-state index in [2.05, 4.69) is 33.5 Å². The highest BCUT2D eigenvalue weighted by Crippen LogP contribution is 2.19. The maximum atomic E-state index is 13.0. The summed E-state index contributed by atoms with van der Waals surface area (Å²) >= 11 is 3.21. The van der Waals surface area contributed by atoms with Crippen molar-refractivity contribution in [1.29, 1.82) is 0 Å². The van der Waals surface area contributed by atoms with Gasteiger partial charge in [-0.3, -0.25) is 4.79 Å². The van der Waals surface area contributed by atoms with E-state index < -0.39 is 0 Å². The van der Waals surface area contributed by atoms with Crippen LogP contribution in [0.1, 0.15) is 30.1 Å². The van der Waals surface area contributed by atoms with Crippen LogP contribution >= 0.6 is 15.9 Å². The molecule has 3 nitrogen and oxygen atoms in total. The summed E-state index contributed by atoms with van der Waals surface area (Å²) in [7, 11) is 0. The van der Waals surface area contributed by atoms with Crippen molar-refractivity contribution in [2.45, 2.75) is 31.8 Å². The Morgan fingerprint density at radius 1 is 1.56 bits per heavy atom. The van der Waals surface area contributed by atoms with Crippen molar-refractivity contribution in [3.05, 3.63) is 34.1 Å². The monoisotopic (exact) mass is 314 g/mol. The van der Waals surface area contributed by atoms with Gasteiger partial charge in [0.05, 0.1) is 5.56 Å². The van der Waals surface area contributed by atoms with Gasteiger partial charge in [-0.15, -0.1) is 0 Å². The number of rotatable bonds is 2. The number of carbonyl (C=O) groups is 1. The summed E-state index contributed by atoms with van der Waals surface area (Å²) in [4.78, 5) is 12.1. The molecule has 0 bridgehead atoms. The van der Waals surface area contributed by atoms with Crippen LogP contribution in [0.4, 0.5) is 4.39 Å². The molecule has 18 heavy (non-hydrogen) atoms. The summed E-state index contributed by atoms with van der Waals surface area (Å²) in [6.45, 7) is 3.05. The maximum Gasteiger partial charge on any atom is 0.252 e. The van der Waals surface area contributed by atoms with Crippen molar-refractivity contribution < 1.29 is 9.18 Å². The van der Waals surface area contributed by atoms with E-state index in [9.17, 15) is 9.18 Å². The number of nitrogens with one attached hydrogen (secondary N) is 2. The van der Waals surface area contributed by atoms with E-state index in [1.165, 1.54) is 18.2 Å². The average Bonchev–Trinajstić information content (AvgIpc) is 2.32. The van der Waals surface area contributed by atoms with Crippen LogP contribution in [0.15, 0.2) is 22.7 Å². The molecule has 2 rings (SSSR count). The van der Waals surface area contributed by atoms with Crippen molar-refractivity contribution in [1.82, 2.24) is 10.6 Å². The van der Waals surface area contributed by atoms with Gasteiger partial charge in [0.15, 0.2) is 0 Å². The van der Waals surface area contributed by atoms with Gasteiger partial charge in [0.25, 0.3) is 5.91 Å². The molecule has 0 aliphatic carbocycles. The quantitative estimate of drug-likeness (QED) is 0.880. The van der Waals surface area contributed by atoms with E-state index in [1.54, 1.807) is 0 Å². The summed E-state index contributed by atoms with van der Waals surface area (Å²) in [5, 5.41) is 6.32. The molecule has 0 saturated carbocycles. The van der Waals surface area contributed by atoms with E-state index in [0.717, 1.165) is 19.4 Å². The van der Waals surface area contributed by atoms with Gasteiger partial charge in [0.1, 0.15) is 5.82 Å². The molecule has 0 radical (unpaired) electrons. The zero-order valence-electron chi connectivity index (χ0n) is 10.2. The third kappa shape index (κ3) is 3.09. The highest BCUT2D eigenvalue weighted by atomic mass is 79.9. The Bertz CT molecular complexity index is 453. The lowest BCUT2D eigenvalue weighted by Gasteiger charge is -2.30. The van der Waals surface area contributed by atoms with Gasteiger partial charge in [0, 0.05) is 16.6 Å². The molecule has 1 aliphatic heterocycles. The number of benzene rings is 1. The van der Waals surface area contributed by atoms with Crippen LogP contribution in [0.3, 0.4) is 0 Å². The largest absolute Gasteiger partial charge is 0.348 e. The van der Waals surface area contributed by atoms with Gasteiger partial charge >= 0.3 is 0 Å². The second kappa shape index (κ2) is 5.80. The lowest BCUT2D eigenvalue weighted by Crippen LogP contribution is -2.51. The van der Waals surface area contributed by atoms with Gasteiger partial charge in [-0.1, -0.05) is 0 Å². The molecule has 1 heterocycles. The van der Waals surface area contributed by atoms with Crippen LogP contribution in [0.25, 0.3) is 0 Å². The standard InChI is InChI=1S/C13H16BrFN2O/c1-8-12(3-2-6-16-8)17-13(18)10-5-4-9(15)7-11(10)14/h4-5,7-8,12,16H,2-3,6H2,1H3,(H,17,18). The lowest BCUT2D eigenvalue weighted by molar-refractivity contribution is 0.0919. The van der Waals surface area contributed by atoms with Gasteiger partial charge in [0.2, 0.25) is 0 Å². The zero-order chi connectivity index (χ0) is 13.1. The molecule has 1 amide bonds. The van der Waals surface area contributed by atoms with Gasteiger partial charge in [-0.25, -0.2) is 4.39 Å². The van der Waals surface area contributed by atoms with Crippen LogP contribution in [0.5, 0.6) is 0 Å². The van der Waals surface area contributed by atoms with E-state index in [0.29, 0.717) is 10.0 Å². The molecular formula is C13H16BrFN2O. The van der Waals surface area contributed by atoms with Crippen LogP contribution in [0.2, 0.25) is 0 Å². The molecule has 0 spiro atoms. The van der Waals surface area contributed by atoms with Gasteiger partial charge in [-0.05, 0) is 60.4 Å². The fourth-order valence-electron chi connectivity index (χ4n) is 2.16. The summed E-state index contributed by atoms with van der Waals surface area (Å²) in [6.07, 6.45) is 2.03. The molecule has 5 heteroatoms. The Hall–Kier alpha value is -0.940. The zero-order valence-corrected chi connectivity index (χ0v) is 11.8. The molecular weight excluding hydrogens is 299 g/mol. The molecule has 1 aromatic rings. The summed E-state index contributed by atoms with van der Waals surface area (Å²) in [6, 6.07) is 4.49. The minimum atomic E-state index is -0.355. The fourth-order valence-corrected chi connectivity index (χ4v) is 2.69. The SMILES string of the molecule is CC1NCCCC1NC(=O)c1ccc(F)cc1Br. The predicted octanol–water partition coefficient (Wildman–Crippen LogP) is 2.46. The third-order valence-corrected chi connectivity index (χ3v) is 3.91. The smallest absolute Gasteiger partial charge is 0.252 e. The van der Waals surface area contributed by atoms with Crippen molar-refractivity contribution >= 4 is 21.8 Å². The average molecular weight is 315 g/mol. The lowest BCUT2D eigenvalue weighted by atomic mass is 9.99. The number of hydrogen-bond donors (Lipinski definition) is 2. The van der Waals surface area contributed by atoms with Crippen molar-refractivity contribution in [3.8, 4) is 0 Å². The summed E-state index contributed by atoms with van der Waals surface area (Å²) in [5.41, 5.74) is 0.467. The first-order valence-corrected chi connectivity index (χ1v) is 6.86. The Morgan fingerprint density at radius 3 is 3.00 bits per heavy atom. The first-order valence-electron chi connectivity index (χ1n) is 6.07. The first kappa shape index (κ1) is 13.5. The van der Waals surface area contributed by atoms with Crippen LogP contribution < -0.4 is 10.6 Å². The topological polar surface area (TPSA) is 41.1 Å². The fraction of sp³-hybridized carbons (Fsp3) is 0.462. The second-order valence-corrected chi connectivity index (χ2v) is 5.44. The van der Waals surface area contributed by atoms with Crippen LogP contribution in [-0.4, -0.2) is 24.5 Å². The molecule has 1 fully saturated rings. The van der Waals surface area contributed by atoms with E-state index in [4.69, 9.17) is 0 Å². The maximum absolute atomic E-state index is 13.0. The Morgan fingerprint density at radius 2 is 2.33 bits per heavy atom. The first-order chi connectivity index (χ1) is 8.58. The normalized spacial score (nSPS) is 23.7. The minimum absolute atomic E-state index is 0.128. The predicted molar refractivity (Wildman–Crippen MR) is 72.1 cm³/mol. The third-order valence-electron chi connectivity index (χ3n) is 3.25. The molecule has 2 atom stereocenters. The van der Waals surface area contributed by atoms with E-state index in [-0.39, 0.29) is 23.8 Å². The van der Waals surface area contributed by atoms with E-state index in [1.807, 2.05) is 0 Å². The highest BCUT2D eigenvalue weighted by molar-refractivity contribution is 9.10. The number of carbonyl (C=O) groups excluding carboxylic acids is 1. The van der Waals surface area contributed by atoms with Gasteiger partial charge in [-0.2, -0.15) is 0 Å². The summed E-state index contributed by atoms with van der Waals surface area (Å²) < 4.78 is 13.4. The van der Waals surface area contributed by atoms with Crippen LogP contribution in [-0.2, 0) is 0 Å². The summed E-state index contributed by atoms with van der Waals surface area (Å²) in [5.74, 6) is -0.520. The molecule has 2 unspecified atom stereocenters.